The third kappa shape index (κ3) is 3.22. The number of amides is 1. The van der Waals surface area contributed by atoms with Gasteiger partial charge in [-0.05, 0) is 82.4 Å². The molecule has 1 aromatic rings. The lowest BCUT2D eigenvalue weighted by Crippen LogP contribution is -2.40. The van der Waals surface area contributed by atoms with Crippen LogP contribution in [0, 0.1) is 9.49 Å². The SMILES string of the molecule is CC(NC(=O)c1cc(I)ccc1Br)C1CCC1. The van der Waals surface area contributed by atoms with E-state index in [4.69, 9.17) is 0 Å². The van der Waals surface area contributed by atoms with Gasteiger partial charge in [0.05, 0.1) is 5.56 Å². The van der Waals surface area contributed by atoms with Gasteiger partial charge >= 0.3 is 0 Å². The molecule has 4 heteroatoms. The summed E-state index contributed by atoms with van der Waals surface area (Å²) in [6, 6.07) is 6.09. The number of carbonyl (C=O) groups is 1. The van der Waals surface area contributed by atoms with Crippen LogP contribution in [0.15, 0.2) is 22.7 Å². The molecular weight excluding hydrogens is 393 g/mol. The summed E-state index contributed by atoms with van der Waals surface area (Å²) in [5.74, 6) is 0.690. The van der Waals surface area contributed by atoms with Crippen LogP contribution in [0.2, 0.25) is 0 Å². The molecule has 0 aliphatic heterocycles. The fourth-order valence-corrected chi connectivity index (χ4v) is 2.93. The van der Waals surface area contributed by atoms with Gasteiger partial charge in [-0.3, -0.25) is 4.79 Å². The zero-order valence-corrected chi connectivity index (χ0v) is 13.4. The van der Waals surface area contributed by atoms with Crippen molar-refractivity contribution in [3.63, 3.8) is 0 Å². The first-order valence-electron chi connectivity index (χ1n) is 5.84. The molecule has 1 aliphatic rings. The highest BCUT2D eigenvalue weighted by Crippen LogP contribution is 2.29. The summed E-state index contributed by atoms with van der Waals surface area (Å²) in [4.78, 5) is 12.1. The number of hydrogen-bond donors (Lipinski definition) is 1. The van der Waals surface area contributed by atoms with E-state index in [2.05, 4.69) is 50.8 Å². The molecule has 0 saturated heterocycles. The van der Waals surface area contributed by atoms with Crippen molar-refractivity contribution in [1.29, 1.82) is 0 Å². The second kappa shape index (κ2) is 5.69. The van der Waals surface area contributed by atoms with Crippen molar-refractivity contribution in [2.24, 2.45) is 5.92 Å². The normalized spacial score (nSPS) is 17.4. The number of rotatable bonds is 3. The van der Waals surface area contributed by atoms with E-state index in [1.54, 1.807) is 0 Å². The van der Waals surface area contributed by atoms with Crippen LogP contribution in [0.1, 0.15) is 36.5 Å². The lowest BCUT2D eigenvalue weighted by Gasteiger charge is -2.31. The number of carbonyl (C=O) groups excluding carboxylic acids is 1. The van der Waals surface area contributed by atoms with Gasteiger partial charge in [-0.15, -0.1) is 0 Å². The molecule has 1 aromatic carbocycles. The van der Waals surface area contributed by atoms with Gasteiger partial charge in [0.2, 0.25) is 0 Å². The van der Waals surface area contributed by atoms with Gasteiger partial charge in [-0.25, -0.2) is 0 Å². The Kier molecular flexibility index (Phi) is 4.47. The summed E-state index contributed by atoms with van der Waals surface area (Å²) in [6.45, 7) is 2.10. The van der Waals surface area contributed by atoms with Crippen LogP contribution >= 0.6 is 38.5 Å². The topological polar surface area (TPSA) is 29.1 Å². The quantitative estimate of drug-likeness (QED) is 0.754. The van der Waals surface area contributed by atoms with Crippen LogP contribution in [-0.2, 0) is 0 Å². The van der Waals surface area contributed by atoms with Crippen molar-refractivity contribution in [3.8, 4) is 0 Å². The van der Waals surface area contributed by atoms with Crippen LogP contribution < -0.4 is 5.32 Å². The molecule has 2 nitrogen and oxygen atoms in total. The van der Waals surface area contributed by atoms with Gasteiger partial charge in [-0.2, -0.15) is 0 Å². The maximum Gasteiger partial charge on any atom is 0.252 e. The minimum absolute atomic E-state index is 0.0230. The highest BCUT2D eigenvalue weighted by Gasteiger charge is 2.25. The van der Waals surface area contributed by atoms with E-state index >= 15 is 0 Å². The van der Waals surface area contributed by atoms with Crippen LogP contribution in [0.25, 0.3) is 0 Å². The standard InChI is InChI=1S/C13H15BrINO/c1-8(9-3-2-4-9)16-13(17)11-7-10(15)5-6-12(11)14/h5-9H,2-4H2,1H3,(H,16,17). The second-order valence-corrected chi connectivity index (χ2v) is 6.68. The van der Waals surface area contributed by atoms with Crippen molar-refractivity contribution in [2.75, 3.05) is 0 Å². The van der Waals surface area contributed by atoms with Gasteiger partial charge in [0.1, 0.15) is 0 Å². The third-order valence-electron chi connectivity index (χ3n) is 3.39. The summed E-state index contributed by atoms with van der Waals surface area (Å²) in [5, 5.41) is 3.09. The first-order chi connectivity index (χ1) is 8.08. The summed E-state index contributed by atoms with van der Waals surface area (Å²) in [7, 11) is 0. The molecular formula is C13H15BrINO. The molecule has 1 atom stereocenters. The molecule has 1 aliphatic carbocycles. The van der Waals surface area contributed by atoms with Crippen LogP contribution in [0.3, 0.4) is 0 Å². The summed E-state index contributed by atoms with van der Waals surface area (Å²) < 4.78 is 1.93. The van der Waals surface area contributed by atoms with Crippen molar-refractivity contribution >= 4 is 44.4 Å². The van der Waals surface area contributed by atoms with E-state index in [-0.39, 0.29) is 11.9 Å². The molecule has 0 aromatic heterocycles. The van der Waals surface area contributed by atoms with E-state index in [0.29, 0.717) is 5.92 Å². The molecule has 0 bridgehead atoms. The minimum atomic E-state index is 0.0230. The van der Waals surface area contributed by atoms with Crippen LogP contribution in [0.5, 0.6) is 0 Å². The summed E-state index contributed by atoms with van der Waals surface area (Å²) >= 11 is 5.65. The molecule has 92 valence electrons. The first-order valence-corrected chi connectivity index (χ1v) is 7.71. The molecule has 17 heavy (non-hydrogen) atoms. The van der Waals surface area contributed by atoms with E-state index in [1.807, 2.05) is 18.2 Å². The van der Waals surface area contributed by atoms with Crippen molar-refractivity contribution < 1.29 is 4.79 Å². The Bertz CT molecular complexity index is 431. The number of benzene rings is 1. The van der Waals surface area contributed by atoms with Crippen LogP contribution in [-0.4, -0.2) is 11.9 Å². The highest BCUT2D eigenvalue weighted by atomic mass is 127. The predicted octanol–water partition coefficient (Wildman–Crippen LogP) is 3.97. The monoisotopic (exact) mass is 407 g/mol. The smallest absolute Gasteiger partial charge is 0.252 e. The van der Waals surface area contributed by atoms with Gasteiger partial charge in [-0.1, -0.05) is 6.42 Å². The fraction of sp³-hybridized carbons (Fsp3) is 0.462. The Balaban J connectivity index is 2.05. The predicted molar refractivity (Wildman–Crippen MR) is 81.1 cm³/mol. The average molecular weight is 408 g/mol. The first kappa shape index (κ1) is 13.3. The molecule has 1 fully saturated rings. The molecule has 2 rings (SSSR count). The molecule has 1 saturated carbocycles. The third-order valence-corrected chi connectivity index (χ3v) is 4.75. The maximum atomic E-state index is 12.1. The van der Waals surface area contributed by atoms with Gasteiger partial charge < -0.3 is 5.32 Å². The summed E-state index contributed by atoms with van der Waals surface area (Å²) in [6.07, 6.45) is 3.79. The van der Waals surface area contributed by atoms with Gasteiger partial charge in [0.25, 0.3) is 5.91 Å². The average Bonchev–Trinajstić information content (AvgIpc) is 2.18. The van der Waals surface area contributed by atoms with Gasteiger partial charge in [0.15, 0.2) is 0 Å². The molecule has 1 unspecified atom stereocenters. The Morgan fingerprint density at radius 1 is 1.53 bits per heavy atom. The van der Waals surface area contributed by atoms with Crippen LogP contribution in [0.4, 0.5) is 0 Å². The Morgan fingerprint density at radius 3 is 2.82 bits per heavy atom. The molecule has 1 amide bonds. The van der Waals surface area contributed by atoms with E-state index < -0.39 is 0 Å². The fourth-order valence-electron chi connectivity index (χ4n) is 2.01. The molecule has 0 spiro atoms. The van der Waals surface area contributed by atoms with E-state index in [9.17, 15) is 4.79 Å². The molecule has 1 N–H and O–H groups in total. The Morgan fingerprint density at radius 2 is 2.24 bits per heavy atom. The van der Waals surface area contributed by atoms with E-state index in [0.717, 1.165) is 13.6 Å². The zero-order valence-electron chi connectivity index (χ0n) is 9.67. The van der Waals surface area contributed by atoms with Crippen molar-refractivity contribution in [1.82, 2.24) is 5.32 Å². The van der Waals surface area contributed by atoms with Gasteiger partial charge in [0, 0.05) is 14.1 Å². The lowest BCUT2D eigenvalue weighted by molar-refractivity contribution is 0.0908. The second-order valence-electron chi connectivity index (χ2n) is 4.58. The molecule has 0 radical (unpaired) electrons. The largest absolute Gasteiger partial charge is 0.349 e. The minimum Gasteiger partial charge on any atom is -0.349 e. The zero-order chi connectivity index (χ0) is 12.4. The highest BCUT2D eigenvalue weighted by molar-refractivity contribution is 14.1. The Labute approximate surface area is 124 Å². The summed E-state index contributed by atoms with van der Waals surface area (Å²) in [5.41, 5.74) is 0.725. The number of halogens is 2. The molecule has 0 heterocycles. The van der Waals surface area contributed by atoms with Crippen molar-refractivity contribution in [3.05, 3.63) is 31.8 Å². The Hall–Kier alpha value is -0.100. The van der Waals surface area contributed by atoms with Crippen molar-refractivity contribution in [2.45, 2.75) is 32.2 Å². The number of hydrogen-bond acceptors (Lipinski definition) is 1. The lowest BCUT2D eigenvalue weighted by atomic mass is 9.80. The number of nitrogens with one attached hydrogen (secondary N) is 1. The maximum absolute atomic E-state index is 12.1. The van der Waals surface area contributed by atoms with E-state index in [1.165, 1.54) is 19.3 Å².